The van der Waals surface area contributed by atoms with Crippen molar-refractivity contribution in [3.63, 3.8) is 0 Å². The van der Waals surface area contributed by atoms with Gasteiger partial charge >= 0.3 is 0 Å². The number of hydrogen-bond acceptors (Lipinski definition) is 1. The van der Waals surface area contributed by atoms with Crippen molar-refractivity contribution in [2.75, 3.05) is 0 Å². The van der Waals surface area contributed by atoms with Gasteiger partial charge < -0.3 is 4.79 Å². The van der Waals surface area contributed by atoms with E-state index in [2.05, 4.69) is 20.8 Å². The average Bonchev–Trinajstić information content (AvgIpc) is 2.18. The SMILES string of the molecule is CCC1CCCCC1C(C)(C)C=O. The number of hydrogen-bond donors (Lipinski definition) is 0. The van der Waals surface area contributed by atoms with Gasteiger partial charge in [0, 0.05) is 5.41 Å². The molecule has 1 nitrogen and oxygen atoms in total. The molecule has 1 aliphatic carbocycles. The van der Waals surface area contributed by atoms with E-state index in [4.69, 9.17) is 0 Å². The summed E-state index contributed by atoms with van der Waals surface area (Å²) >= 11 is 0. The predicted octanol–water partition coefficient (Wildman–Crippen LogP) is 3.43. The lowest BCUT2D eigenvalue weighted by Crippen LogP contribution is -2.34. The predicted molar refractivity (Wildman–Crippen MR) is 55.6 cm³/mol. The Morgan fingerprint density at radius 3 is 2.46 bits per heavy atom. The van der Waals surface area contributed by atoms with Crippen molar-refractivity contribution in [1.82, 2.24) is 0 Å². The largest absolute Gasteiger partial charge is 0.303 e. The van der Waals surface area contributed by atoms with Crippen LogP contribution in [0.1, 0.15) is 52.9 Å². The molecule has 0 saturated heterocycles. The maximum Gasteiger partial charge on any atom is 0.125 e. The van der Waals surface area contributed by atoms with Crippen molar-refractivity contribution in [3.05, 3.63) is 0 Å². The molecule has 1 fully saturated rings. The molecule has 1 saturated carbocycles. The summed E-state index contributed by atoms with van der Waals surface area (Å²) in [6, 6.07) is 0. The minimum Gasteiger partial charge on any atom is -0.303 e. The Morgan fingerprint density at radius 1 is 1.31 bits per heavy atom. The van der Waals surface area contributed by atoms with E-state index in [9.17, 15) is 4.79 Å². The summed E-state index contributed by atoms with van der Waals surface area (Å²) in [7, 11) is 0. The van der Waals surface area contributed by atoms with Crippen molar-refractivity contribution >= 4 is 6.29 Å². The van der Waals surface area contributed by atoms with Crippen LogP contribution in [-0.2, 0) is 4.79 Å². The molecule has 1 heteroatoms. The molecule has 0 amide bonds. The van der Waals surface area contributed by atoms with Crippen molar-refractivity contribution in [1.29, 1.82) is 0 Å². The molecule has 0 heterocycles. The van der Waals surface area contributed by atoms with E-state index < -0.39 is 0 Å². The van der Waals surface area contributed by atoms with Gasteiger partial charge in [-0.15, -0.1) is 0 Å². The summed E-state index contributed by atoms with van der Waals surface area (Å²) in [6.45, 7) is 6.45. The second kappa shape index (κ2) is 4.26. The van der Waals surface area contributed by atoms with Crippen LogP contribution >= 0.6 is 0 Å². The first-order chi connectivity index (χ1) is 6.11. The van der Waals surface area contributed by atoms with E-state index in [-0.39, 0.29) is 5.41 Å². The van der Waals surface area contributed by atoms with Gasteiger partial charge in [-0.1, -0.05) is 46.5 Å². The quantitative estimate of drug-likeness (QED) is 0.611. The lowest BCUT2D eigenvalue weighted by molar-refractivity contribution is -0.119. The zero-order valence-electron chi connectivity index (χ0n) is 9.18. The maximum absolute atomic E-state index is 11.0. The Bertz CT molecular complexity index is 172. The minimum absolute atomic E-state index is 0.0961. The molecule has 0 spiro atoms. The Morgan fingerprint density at radius 2 is 1.92 bits per heavy atom. The van der Waals surface area contributed by atoms with Gasteiger partial charge in [0.05, 0.1) is 0 Å². The van der Waals surface area contributed by atoms with Gasteiger partial charge in [-0.25, -0.2) is 0 Å². The highest BCUT2D eigenvalue weighted by Gasteiger charge is 2.35. The second-order valence-corrected chi connectivity index (χ2v) is 5.00. The van der Waals surface area contributed by atoms with E-state index in [0.717, 1.165) is 12.2 Å². The molecule has 76 valence electrons. The fraction of sp³-hybridized carbons (Fsp3) is 0.917. The molecule has 2 unspecified atom stereocenters. The Labute approximate surface area is 81.9 Å². The summed E-state index contributed by atoms with van der Waals surface area (Å²) in [4.78, 5) is 11.0. The highest BCUT2D eigenvalue weighted by atomic mass is 16.1. The van der Waals surface area contributed by atoms with E-state index in [1.54, 1.807) is 0 Å². The highest BCUT2D eigenvalue weighted by molar-refractivity contribution is 5.58. The topological polar surface area (TPSA) is 17.1 Å². The standard InChI is InChI=1S/C12H22O/c1-4-10-7-5-6-8-11(10)12(2,3)9-13/h9-11H,4-8H2,1-3H3. The smallest absolute Gasteiger partial charge is 0.125 e. The Balaban J connectivity index is 2.68. The zero-order chi connectivity index (χ0) is 9.90. The molecule has 0 aromatic heterocycles. The van der Waals surface area contributed by atoms with Crippen LogP contribution in [0.2, 0.25) is 0 Å². The van der Waals surface area contributed by atoms with Gasteiger partial charge in [-0.05, 0) is 18.3 Å². The second-order valence-electron chi connectivity index (χ2n) is 5.00. The fourth-order valence-electron chi connectivity index (χ4n) is 2.76. The first-order valence-electron chi connectivity index (χ1n) is 5.58. The molecule has 2 atom stereocenters. The zero-order valence-corrected chi connectivity index (χ0v) is 9.18. The molecule has 0 aliphatic heterocycles. The molecule has 0 radical (unpaired) electrons. The van der Waals surface area contributed by atoms with Gasteiger partial charge in [0.2, 0.25) is 0 Å². The number of carbonyl (C=O) groups excluding carboxylic acids is 1. The van der Waals surface area contributed by atoms with Crippen LogP contribution in [0.3, 0.4) is 0 Å². The van der Waals surface area contributed by atoms with Gasteiger partial charge in [-0.2, -0.15) is 0 Å². The monoisotopic (exact) mass is 182 g/mol. The number of rotatable bonds is 3. The molecule has 0 aromatic rings. The van der Waals surface area contributed by atoms with Crippen LogP contribution < -0.4 is 0 Å². The third-order valence-electron chi connectivity index (χ3n) is 3.69. The molecular weight excluding hydrogens is 160 g/mol. The van der Waals surface area contributed by atoms with E-state index in [1.165, 1.54) is 32.1 Å². The molecule has 0 aromatic carbocycles. The summed E-state index contributed by atoms with van der Waals surface area (Å²) < 4.78 is 0. The molecule has 1 aliphatic rings. The van der Waals surface area contributed by atoms with E-state index in [0.29, 0.717) is 5.92 Å². The van der Waals surface area contributed by atoms with Crippen LogP contribution in [0.5, 0.6) is 0 Å². The van der Waals surface area contributed by atoms with Gasteiger partial charge in [0.15, 0.2) is 0 Å². The van der Waals surface area contributed by atoms with Gasteiger partial charge in [0.1, 0.15) is 6.29 Å². The average molecular weight is 182 g/mol. The third-order valence-corrected chi connectivity index (χ3v) is 3.69. The minimum atomic E-state index is -0.0961. The van der Waals surface area contributed by atoms with Crippen molar-refractivity contribution < 1.29 is 4.79 Å². The molecule has 0 N–H and O–H groups in total. The Kier molecular flexibility index (Phi) is 3.52. The van der Waals surface area contributed by atoms with E-state index in [1.807, 2.05) is 0 Å². The lowest BCUT2D eigenvalue weighted by Gasteiger charge is -2.39. The summed E-state index contributed by atoms with van der Waals surface area (Å²) in [5.74, 6) is 1.41. The van der Waals surface area contributed by atoms with Crippen LogP contribution in [0.15, 0.2) is 0 Å². The number of aldehydes is 1. The fourth-order valence-corrected chi connectivity index (χ4v) is 2.76. The van der Waals surface area contributed by atoms with Crippen LogP contribution in [0.4, 0.5) is 0 Å². The first kappa shape index (κ1) is 10.7. The summed E-state index contributed by atoms with van der Waals surface area (Å²) in [5.41, 5.74) is -0.0961. The van der Waals surface area contributed by atoms with Crippen molar-refractivity contribution in [2.45, 2.75) is 52.9 Å². The summed E-state index contributed by atoms with van der Waals surface area (Å²) in [5, 5.41) is 0. The van der Waals surface area contributed by atoms with Crippen LogP contribution in [0, 0.1) is 17.3 Å². The maximum atomic E-state index is 11.0. The molecular formula is C12H22O. The number of carbonyl (C=O) groups is 1. The normalized spacial score (nSPS) is 30.1. The molecule has 1 rings (SSSR count). The van der Waals surface area contributed by atoms with Gasteiger partial charge in [0.25, 0.3) is 0 Å². The molecule has 13 heavy (non-hydrogen) atoms. The first-order valence-corrected chi connectivity index (χ1v) is 5.58. The van der Waals surface area contributed by atoms with Crippen LogP contribution in [-0.4, -0.2) is 6.29 Å². The van der Waals surface area contributed by atoms with Crippen molar-refractivity contribution in [2.24, 2.45) is 17.3 Å². The lowest BCUT2D eigenvalue weighted by atomic mass is 9.65. The highest BCUT2D eigenvalue weighted by Crippen LogP contribution is 2.42. The van der Waals surface area contributed by atoms with E-state index >= 15 is 0 Å². The Hall–Kier alpha value is -0.330. The summed E-state index contributed by atoms with van der Waals surface area (Å²) in [6.07, 6.45) is 7.67. The molecule has 0 bridgehead atoms. The third kappa shape index (κ3) is 2.32. The van der Waals surface area contributed by atoms with Crippen LogP contribution in [0.25, 0.3) is 0 Å². The van der Waals surface area contributed by atoms with Crippen molar-refractivity contribution in [3.8, 4) is 0 Å². The van der Waals surface area contributed by atoms with Gasteiger partial charge in [-0.3, -0.25) is 0 Å².